The standard InChI is InChI=1S/C18H21NO4/c1-11-5-8-17(23-4)15(9-11)12(2)19-18(21)14-7-6-13(22-3)10-16(14)20/h5-10,12,20H,1-4H3,(H,19,21). The molecule has 0 spiro atoms. The number of carbonyl (C=O) groups is 1. The van der Waals surface area contributed by atoms with Crippen molar-refractivity contribution < 1.29 is 19.4 Å². The summed E-state index contributed by atoms with van der Waals surface area (Å²) < 4.78 is 10.4. The maximum absolute atomic E-state index is 12.4. The summed E-state index contributed by atoms with van der Waals surface area (Å²) in [6, 6.07) is 10.1. The van der Waals surface area contributed by atoms with Gasteiger partial charge in [0.15, 0.2) is 0 Å². The average Bonchev–Trinajstić information content (AvgIpc) is 2.54. The third-order valence-electron chi connectivity index (χ3n) is 3.65. The molecule has 0 aromatic heterocycles. The minimum Gasteiger partial charge on any atom is -0.507 e. The van der Waals surface area contributed by atoms with E-state index in [-0.39, 0.29) is 23.3 Å². The van der Waals surface area contributed by atoms with Gasteiger partial charge in [-0.2, -0.15) is 0 Å². The molecule has 5 nitrogen and oxygen atoms in total. The molecule has 0 aliphatic carbocycles. The second-order valence-electron chi connectivity index (χ2n) is 5.32. The quantitative estimate of drug-likeness (QED) is 0.889. The molecule has 1 atom stereocenters. The van der Waals surface area contributed by atoms with Crippen molar-refractivity contribution in [2.45, 2.75) is 19.9 Å². The Balaban J connectivity index is 2.21. The fraction of sp³-hybridized carbons (Fsp3) is 0.278. The van der Waals surface area contributed by atoms with Crippen molar-refractivity contribution in [2.24, 2.45) is 0 Å². The number of benzene rings is 2. The van der Waals surface area contributed by atoms with Gasteiger partial charge in [-0.3, -0.25) is 4.79 Å². The predicted octanol–water partition coefficient (Wildman–Crippen LogP) is 3.21. The number of carbonyl (C=O) groups excluding carboxylic acids is 1. The first kappa shape index (κ1) is 16.7. The van der Waals surface area contributed by atoms with Crippen LogP contribution in [-0.2, 0) is 0 Å². The van der Waals surface area contributed by atoms with Gasteiger partial charge in [-0.1, -0.05) is 17.7 Å². The summed E-state index contributed by atoms with van der Waals surface area (Å²) in [4.78, 5) is 12.4. The predicted molar refractivity (Wildman–Crippen MR) is 88.3 cm³/mol. The lowest BCUT2D eigenvalue weighted by Gasteiger charge is -2.18. The van der Waals surface area contributed by atoms with Gasteiger partial charge >= 0.3 is 0 Å². The molecule has 5 heteroatoms. The summed E-state index contributed by atoms with van der Waals surface area (Å²) in [5.74, 6) is 0.723. The number of hydrogen-bond acceptors (Lipinski definition) is 4. The lowest BCUT2D eigenvalue weighted by atomic mass is 10.0. The number of aromatic hydroxyl groups is 1. The van der Waals surface area contributed by atoms with E-state index in [1.165, 1.54) is 19.2 Å². The van der Waals surface area contributed by atoms with E-state index < -0.39 is 0 Å². The largest absolute Gasteiger partial charge is 0.507 e. The Bertz CT molecular complexity index is 712. The van der Waals surface area contributed by atoms with Crippen molar-refractivity contribution in [3.8, 4) is 17.2 Å². The van der Waals surface area contributed by atoms with Crippen LogP contribution >= 0.6 is 0 Å². The van der Waals surface area contributed by atoms with Crippen LogP contribution in [0.25, 0.3) is 0 Å². The monoisotopic (exact) mass is 315 g/mol. The van der Waals surface area contributed by atoms with E-state index in [0.29, 0.717) is 11.5 Å². The van der Waals surface area contributed by atoms with Gasteiger partial charge in [0.1, 0.15) is 17.2 Å². The number of hydrogen-bond donors (Lipinski definition) is 2. The van der Waals surface area contributed by atoms with Crippen LogP contribution in [0.15, 0.2) is 36.4 Å². The normalized spacial score (nSPS) is 11.7. The first-order valence-electron chi connectivity index (χ1n) is 7.28. The molecule has 0 bridgehead atoms. The SMILES string of the molecule is COc1ccc(C(=O)NC(C)c2cc(C)ccc2OC)c(O)c1. The second-order valence-corrected chi connectivity index (χ2v) is 5.32. The molecule has 0 fully saturated rings. The second kappa shape index (κ2) is 7.05. The van der Waals surface area contributed by atoms with E-state index in [2.05, 4.69) is 5.32 Å². The Morgan fingerprint density at radius 3 is 2.48 bits per heavy atom. The zero-order valence-corrected chi connectivity index (χ0v) is 13.7. The van der Waals surface area contributed by atoms with Gasteiger partial charge in [-0.25, -0.2) is 0 Å². The van der Waals surface area contributed by atoms with Crippen molar-refractivity contribution in [3.05, 3.63) is 53.1 Å². The number of rotatable bonds is 5. The topological polar surface area (TPSA) is 67.8 Å². The number of phenols is 1. The van der Waals surface area contributed by atoms with Crippen LogP contribution < -0.4 is 14.8 Å². The Morgan fingerprint density at radius 2 is 1.87 bits per heavy atom. The maximum atomic E-state index is 12.4. The molecule has 23 heavy (non-hydrogen) atoms. The van der Waals surface area contributed by atoms with Crippen LogP contribution in [0.4, 0.5) is 0 Å². The number of nitrogens with one attached hydrogen (secondary N) is 1. The Labute approximate surface area is 135 Å². The summed E-state index contributed by atoms with van der Waals surface area (Å²) in [5.41, 5.74) is 2.16. The number of phenolic OH excluding ortho intramolecular Hbond substituents is 1. The molecule has 0 saturated heterocycles. The Hall–Kier alpha value is -2.69. The van der Waals surface area contributed by atoms with Crippen molar-refractivity contribution in [2.75, 3.05) is 14.2 Å². The average molecular weight is 315 g/mol. The Morgan fingerprint density at radius 1 is 1.13 bits per heavy atom. The number of ether oxygens (including phenoxy) is 2. The molecular weight excluding hydrogens is 294 g/mol. The summed E-state index contributed by atoms with van der Waals surface area (Å²) in [5, 5.41) is 12.8. The first-order chi connectivity index (χ1) is 11.0. The van der Waals surface area contributed by atoms with Crippen molar-refractivity contribution >= 4 is 5.91 Å². The van der Waals surface area contributed by atoms with E-state index in [0.717, 1.165) is 11.1 Å². The van der Waals surface area contributed by atoms with Crippen LogP contribution in [0.3, 0.4) is 0 Å². The summed E-state index contributed by atoms with van der Waals surface area (Å²) in [7, 11) is 3.10. The van der Waals surface area contributed by atoms with Gasteiger partial charge in [0, 0.05) is 11.6 Å². The molecule has 0 saturated carbocycles. The van der Waals surface area contributed by atoms with E-state index in [4.69, 9.17) is 9.47 Å². The highest BCUT2D eigenvalue weighted by Crippen LogP contribution is 2.28. The lowest BCUT2D eigenvalue weighted by Crippen LogP contribution is -2.27. The maximum Gasteiger partial charge on any atom is 0.255 e. The van der Waals surface area contributed by atoms with Gasteiger partial charge in [-0.15, -0.1) is 0 Å². The molecule has 2 aromatic rings. The molecule has 0 heterocycles. The molecular formula is C18H21NO4. The van der Waals surface area contributed by atoms with E-state index in [1.807, 2.05) is 32.0 Å². The molecule has 0 aliphatic rings. The number of aryl methyl sites for hydroxylation is 1. The highest BCUT2D eigenvalue weighted by atomic mass is 16.5. The molecule has 0 radical (unpaired) electrons. The number of amides is 1. The van der Waals surface area contributed by atoms with Gasteiger partial charge in [-0.05, 0) is 32.0 Å². The smallest absolute Gasteiger partial charge is 0.255 e. The summed E-state index contributed by atoms with van der Waals surface area (Å²) in [6.07, 6.45) is 0. The fourth-order valence-electron chi connectivity index (χ4n) is 2.37. The van der Waals surface area contributed by atoms with E-state index >= 15 is 0 Å². The third-order valence-corrected chi connectivity index (χ3v) is 3.65. The molecule has 1 unspecified atom stereocenters. The minimum atomic E-state index is -0.360. The van der Waals surface area contributed by atoms with Crippen molar-refractivity contribution in [1.29, 1.82) is 0 Å². The third kappa shape index (κ3) is 3.74. The molecule has 0 aliphatic heterocycles. The molecule has 122 valence electrons. The van der Waals surface area contributed by atoms with Crippen LogP contribution in [0.1, 0.15) is 34.5 Å². The van der Waals surface area contributed by atoms with Gasteiger partial charge in [0.2, 0.25) is 0 Å². The molecule has 2 rings (SSSR count). The fourth-order valence-corrected chi connectivity index (χ4v) is 2.37. The first-order valence-corrected chi connectivity index (χ1v) is 7.28. The van der Waals surface area contributed by atoms with Crippen LogP contribution in [-0.4, -0.2) is 25.2 Å². The highest BCUT2D eigenvalue weighted by Gasteiger charge is 2.18. The zero-order chi connectivity index (χ0) is 17.0. The van der Waals surface area contributed by atoms with Crippen LogP contribution in [0.5, 0.6) is 17.2 Å². The number of methoxy groups -OCH3 is 2. The van der Waals surface area contributed by atoms with Crippen LogP contribution in [0, 0.1) is 6.92 Å². The molecule has 1 amide bonds. The van der Waals surface area contributed by atoms with Crippen molar-refractivity contribution in [1.82, 2.24) is 5.32 Å². The summed E-state index contributed by atoms with van der Waals surface area (Å²) >= 11 is 0. The van der Waals surface area contributed by atoms with Gasteiger partial charge in [0.25, 0.3) is 5.91 Å². The Kier molecular flexibility index (Phi) is 5.11. The minimum absolute atomic E-state index is 0.120. The highest BCUT2D eigenvalue weighted by molar-refractivity contribution is 5.97. The van der Waals surface area contributed by atoms with Gasteiger partial charge in [0.05, 0.1) is 25.8 Å². The van der Waals surface area contributed by atoms with E-state index in [9.17, 15) is 9.90 Å². The zero-order valence-electron chi connectivity index (χ0n) is 13.7. The molecule has 2 aromatic carbocycles. The molecule has 2 N–H and O–H groups in total. The lowest BCUT2D eigenvalue weighted by molar-refractivity contribution is 0.0937. The summed E-state index contributed by atoms with van der Waals surface area (Å²) in [6.45, 7) is 3.85. The van der Waals surface area contributed by atoms with Crippen LogP contribution in [0.2, 0.25) is 0 Å². The van der Waals surface area contributed by atoms with E-state index in [1.54, 1.807) is 13.2 Å². The van der Waals surface area contributed by atoms with Crippen molar-refractivity contribution in [3.63, 3.8) is 0 Å². The van der Waals surface area contributed by atoms with Gasteiger partial charge < -0.3 is 19.9 Å².